The molecule has 188 valence electrons. The number of benzene rings is 3. The third kappa shape index (κ3) is 4.84. The molecule has 2 atom stereocenters. The van der Waals surface area contributed by atoms with Crippen molar-refractivity contribution >= 4 is 17.4 Å². The zero-order valence-corrected chi connectivity index (χ0v) is 20.8. The molecule has 1 amide bonds. The second kappa shape index (κ2) is 10.1. The lowest BCUT2D eigenvalue weighted by Gasteiger charge is -2.37. The molecule has 0 fully saturated rings. The van der Waals surface area contributed by atoms with E-state index in [1.165, 1.54) is 6.07 Å². The van der Waals surface area contributed by atoms with E-state index >= 15 is 0 Å². The highest BCUT2D eigenvalue weighted by Crippen LogP contribution is 2.45. The first-order chi connectivity index (χ1) is 17.9. The van der Waals surface area contributed by atoms with Crippen LogP contribution < -0.4 is 10.6 Å². The second-order valence-electron chi connectivity index (χ2n) is 9.60. The highest BCUT2D eigenvalue weighted by atomic mass is 19.1. The molecule has 0 bridgehead atoms. The van der Waals surface area contributed by atoms with Crippen molar-refractivity contribution in [2.75, 3.05) is 5.32 Å². The Labute approximate surface area is 215 Å². The molecule has 2 N–H and O–H groups in total. The first kappa shape index (κ1) is 24.6. The largest absolute Gasteiger partial charge is 0.362 e. The third-order valence-electron chi connectivity index (χ3n) is 7.24. The highest BCUT2D eigenvalue weighted by Gasteiger charge is 2.41. The maximum absolute atomic E-state index is 14.4. The molecule has 0 spiro atoms. The van der Waals surface area contributed by atoms with Crippen LogP contribution in [0.5, 0.6) is 0 Å². The van der Waals surface area contributed by atoms with Gasteiger partial charge in [0.15, 0.2) is 5.78 Å². The molecule has 1 aliphatic heterocycles. The van der Waals surface area contributed by atoms with Gasteiger partial charge in [-0.05, 0) is 54.5 Å². The van der Waals surface area contributed by atoms with Crippen molar-refractivity contribution in [2.45, 2.75) is 44.9 Å². The Hall–Kier alpha value is -4.06. The SMILES string of the molecule is CCc1ccc(C2C(C(=O)Nc3ccc(F)cc3F)=C(C)NC3=C2C(=O)CC(c2ccccc2)C3)cc1. The van der Waals surface area contributed by atoms with Gasteiger partial charge < -0.3 is 10.6 Å². The van der Waals surface area contributed by atoms with Crippen LogP contribution >= 0.6 is 0 Å². The van der Waals surface area contributed by atoms with Crippen LogP contribution in [0.25, 0.3) is 0 Å². The van der Waals surface area contributed by atoms with Crippen molar-refractivity contribution in [1.29, 1.82) is 0 Å². The summed E-state index contributed by atoms with van der Waals surface area (Å²) in [6, 6.07) is 20.9. The first-order valence-corrected chi connectivity index (χ1v) is 12.5. The molecule has 37 heavy (non-hydrogen) atoms. The number of carbonyl (C=O) groups excluding carboxylic acids is 2. The Kier molecular flexibility index (Phi) is 6.74. The second-order valence-corrected chi connectivity index (χ2v) is 9.60. The molecule has 1 aliphatic carbocycles. The van der Waals surface area contributed by atoms with E-state index in [2.05, 4.69) is 17.6 Å². The van der Waals surface area contributed by atoms with Gasteiger partial charge in [-0.25, -0.2) is 8.78 Å². The Bertz CT molecular complexity index is 1430. The summed E-state index contributed by atoms with van der Waals surface area (Å²) < 4.78 is 27.8. The molecule has 6 heteroatoms. The maximum atomic E-state index is 14.4. The van der Waals surface area contributed by atoms with Crippen LogP contribution in [0.15, 0.2) is 95.3 Å². The fourth-order valence-electron chi connectivity index (χ4n) is 5.36. The van der Waals surface area contributed by atoms with E-state index < -0.39 is 23.5 Å². The Morgan fingerprint density at radius 1 is 0.973 bits per heavy atom. The standard InChI is InChI=1S/C31H28F2N2O2/c1-3-19-9-11-21(12-10-19)29-28(31(37)35-25-14-13-23(32)17-24(25)33)18(2)34-26-15-22(16-27(36)30(26)29)20-7-5-4-6-8-20/h4-14,17,22,29,34H,3,15-16H2,1-2H3,(H,35,37). The smallest absolute Gasteiger partial charge is 0.254 e. The predicted octanol–water partition coefficient (Wildman–Crippen LogP) is 6.53. The number of anilines is 1. The van der Waals surface area contributed by atoms with Gasteiger partial charge in [-0.1, -0.05) is 61.5 Å². The minimum absolute atomic E-state index is 0.0158. The summed E-state index contributed by atoms with van der Waals surface area (Å²) in [7, 11) is 0. The lowest BCUT2D eigenvalue weighted by Crippen LogP contribution is -2.37. The quantitative estimate of drug-likeness (QED) is 0.421. The Morgan fingerprint density at radius 3 is 2.38 bits per heavy atom. The minimum Gasteiger partial charge on any atom is -0.362 e. The molecule has 3 aromatic rings. The molecule has 0 aromatic heterocycles. The van der Waals surface area contributed by atoms with Crippen LogP contribution in [-0.4, -0.2) is 11.7 Å². The fourth-order valence-corrected chi connectivity index (χ4v) is 5.36. The monoisotopic (exact) mass is 498 g/mol. The van der Waals surface area contributed by atoms with Gasteiger partial charge in [0, 0.05) is 40.9 Å². The van der Waals surface area contributed by atoms with Gasteiger partial charge in [0.05, 0.1) is 5.69 Å². The van der Waals surface area contributed by atoms with E-state index in [1.54, 1.807) is 6.92 Å². The van der Waals surface area contributed by atoms with Crippen molar-refractivity contribution in [3.63, 3.8) is 0 Å². The van der Waals surface area contributed by atoms with Crippen LogP contribution in [-0.2, 0) is 16.0 Å². The van der Waals surface area contributed by atoms with Gasteiger partial charge in [0.25, 0.3) is 5.91 Å². The summed E-state index contributed by atoms with van der Waals surface area (Å²) >= 11 is 0. The van der Waals surface area contributed by atoms with Crippen molar-refractivity contribution in [1.82, 2.24) is 5.32 Å². The molecule has 0 radical (unpaired) electrons. The molecule has 4 nitrogen and oxygen atoms in total. The van der Waals surface area contributed by atoms with Gasteiger partial charge in [0.1, 0.15) is 11.6 Å². The number of aryl methyl sites for hydroxylation is 1. The summed E-state index contributed by atoms with van der Waals surface area (Å²) in [6.07, 6.45) is 1.85. The molecule has 0 saturated heterocycles. The maximum Gasteiger partial charge on any atom is 0.254 e. The van der Waals surface area contributed by atoms with Crippen LogP contribution in [0.3, 0.4) is 0 Å². The zero-order valence-electron chi connectivity index (χ0n) is 20.8. The van der Waals surface area contributed by atoms with Crippen molar-refractivity contribution in [2.24, 2.45) is 0 Å². The Balaban J connectivity index is 1.56. The van der Waals surface area contributed by atoms with Gasteiger partial charge in [0.2, 0.25) is 0 Å². The molecule has 0 saturated carbocycles. The predicted molar refractivity (Wildman–Crippen MR) is 140 cm³/mol. The molecular formula is C31H28F2N2O2. The van der Waals surface area contributed by atoms with Crippen LogP contribution in [0, 0.1) is 11.6 Å². The fraction of sp³-hybridized carbons (Fsp3) is 0.226. The van der Waals surface area contributed by atoms with Crippen LogP contribution in [0.1, 0.15) is 55.2 Å². The summed E-state index contributed by atoms with van der Waals surface area (Å²) in [5, 5.41) is 5.93. The van der Waals surface area contributed by atoms with E-state index in [9.17, 15) is 18.4 Å². The average Bonchev–Trinajstić information content (AvgIpc) is 2.90. The number of nitrogens with one attached hydrogen (secondary N) is 2. The number of rotatable bonds is 5. The molecule has 1 heterocycles. The van der Waals surface area contributed by atoms with E-state index in [1.807, 2.05) is 54.6 Å². The van der Waals surface area contributed by atoms with E-state index in [0.29, 0.717) is 29.7 Å². The van der Waals surface area contributed by atoms with Gasteiger partial charge in [-0.3, -0.25) is 9.59 Å². The number of ketones is 1. The zero-order chi connectivity index (χ0) is 26.1. The normalized spacial score (nSPS) is 19.4. The first-order valence-electron chi connectivity index (χ1n) is 12.5. The lowest BCUT2D eigenvalue weighted by molar-refractivity contribution is -0.116. The number of hydrogen-bond donors (Lipinski definition) is 2. The number of amides is 1. The van der Waals surface area contributed by atoms with Gasteiger partial charge >= 0.3 is 0 Å². The van der Waals surface area contributed by atoms with Crippen molar-refractivity contribution in [3.05, 3.63) is 124 Å². The third-order valence-corrected chi connectivity index (χ3v) is 7.24. The van der Waals surface area contributed by atoms with Crippen molar-refractivity contribution < 1.29 is 18.4 Å². The molecule has 3 aromatic carbocycles. The number of hydrogen-bond acceptors (Lipinski definition) is 3. The van der Waals surface area contributed by atoms with E-state index in [4.69, 9.17) is 0 Å². The summed E-state index contributed by atoms with van der Waals surface area (Å²) in [4.78, 5) is 27.3. The van der Waals surface area contributed by atoms with Crippen molar-refractivity contribution in [3.8, 4) is 0 Å². The number of allylic oxidation sites excluding steroid dienone is 3. The Morgan fingerprint density at radius 2 is 1.70 bits per heavy atom. The lowest BCUT2D eigenvalue weighted by atomic mass is 9.71. The topological polar surface area (TPSA) is 58.2 Å². The summed E-state index contributed by atoms with van der Waals surface area (Å²) in [5.74, 6) is -2.70. The van der Waals surface area contributed by atoms with Gasteiger partial charge in [-0.15, -0.1) is 0 Å². The highest BCUT2D eigenvalue weighted by molar-refractivity contribution is 6.10. The molecular weight excluding hydrogens is 470 g/mol. The molecule has 2 unspecified atom stereocenters. The van der Waals surface area contributed by atoms with Crippen LogP contribution in [0.2, 0.25) is 0 Å². The minimum atomic E-state index is -0.862. The number of Topliss-reactive ketones (excluding diaryl/α,β-unsaturated/α-hetero) is 1. The average molecular weight is 499 g/mol. The summed E-state index contributed by atoms with van der Waals surface area (Å²) in [6.45, 7) is 3.86. The number of carbonyl (C=O) groups is 2. The molecule has 5 rings (SSSR count). The number of dihydropyridines is 1. The van der Waals surface area contributed by atoms with Crippen LogP contribution in [0.4, 0.5) is 14.5 Å². The summed E-state index contributed by atoms with van der Waals surface area (Å²) in [5.41, 5.74) is 5.29. The number of halogens is 2. The van der Waals surface area contributed by atoms with E-state index in [-0.39, 0.29) is 17.4 Å². The van der Waals surface area contributed by atoms with Gasteiger partial charge in [-0.2, -0.15) is 0 Å². The van der Waals surface area contributed by atoms with E-state index in [0.717, 1.165) is 40.9 Å². The molecule has 2 aliphatic rings.